The van der Waals surface area contributed by atoms with Gasteiger partial charge in [0, 0.05) is 18.0 Å². The number of nitrogens with one attached hydrogen (secondary N) is 1. The van der Waals surface area contributed by atoms with Crippen LogP contribution in [0, 0.1) is 5.82 Å². The van der Waals surface area contributed by atoms with Crippen molar-refractivity contribution in [1.82, 2.24) is 15.1 Å². The first kappa shape index (κ1) is 21.3. The van der Waals surface area contributed by atoms with Crippen LogP contribution in [0.2, 0.25) is 0 Å². The van der Waals surface area contributed by atoms with Crippen LogP contribution >= 0.6 is 0 Å². The van der Waals surface area contributed by atoms with E-state index in [1.54, 1.807) is 24.4 Å². The van der Waals surface area contributed by atoms with Gasteiger partial charge >= 0.3 is 0 Å². The minimum absolute atomic E-state index is 0.175. The van der Waals surface area contributed by atoms with E-state index in [1.165, 1.54) is 13.2 Å². The summed E-state index contributed by atoms with van der Waals surface area (Å²) < 4.78 is 20.9. The molecular formula is C26H24FN3O2. The van der Waals surface area contributed by atoms with Gasteiger partial charge in [0.05, 0.1) is 19.7 Å². The Morgan fingerprint density at radius 1 is 1.09 bits per heavy atom. The molecule has 0 bridgehead atoms. The van der Waals surface area contributed by atoms with Crippen molar-refractivity contribution in [3.8, 4) is 16.9 Å². The Morgan fingerprint density at radius 2 is 1.88 bits per heavy atom. The Hall–Kier alpha value is -3.93. The van der Waals surface area contributed by atoms with Gasteiger partial charge in [0.1, 0.15) is 0 Å². The Labute approximate surface area is 186 Å². The molecule has 0 radical (unpaired) electrons. The average Bonchev–Trinajstić information content (AvgIpc) is 3.32. The van der Waals surface area contributed by atoms with Crippen LogP contribution in [-0.4, -0.2) is 22.8 Å². The van der Waals surface area contributed by atoms with Gasteiger partial charge < -0.3 is 10.1 Å². The molecule has 1 heterocycles. The van der Waals surface area contributed by atoms with Gasteiger partial charge in [-0.3, -0.25) is 9.48 Å². The van der Waals surface area contributed by atoms with Gasteiger partial charge in [-0.15, -0.1) is 0 Å². The van der Waals surface area contributed by atoms with E-state index < -0.39 is 5.82 Å². The number of amides is 1. The van der Waals surface area contributed by atoms with Crippen LogP contribution in [0.4, 0.5) is 4.39 Å². The van der Waals surface area contributed by atoms with Crippen LogP contribution < -0.4 is 10.1 Å². The topological polar surface area (TPSA) is 56.1 Å². The predicted octanol–water partition coefficient (Wildman–Crippen LogP) is 5.24. The van der Waals surface area contributed by atoms with Gasteiger partial charge in [-0.25, -0.2) is 4.39 Å². The first-order valence-electron chi connectivity index (χ1n) is 10.3. The largest absolute Gasteiger partial charge is 0.494 e. The summed E-state index contributed by atoms with van der Waals surface area (Å²) in [5.41, 5.74) is 4.13. The molecule has 32 heavy (non-hydrogen) atoms. The van der Waals surface area contributed by atoms with Crippen molar-refractivity contribution in [3.05, 3.63) is 108 Å². The Bertz CT molecular complexity index is 1200. The van der Waals surface area contributed by atoms with Crippen molar-refractivity contribution in [2.45, 2.75) is 19.5 Å². The number of carbonyl (C=O) groups is 1. The summed E-state index contributed by atoms with van der Waals surface area (Å²) in [6.07, 6.45) is 3.67. The molecule has 3 aromatic carbocycles. The molecule has 1 N–H and O–H groups in total. The van der Waals surface area contributed by atoms with Gasteiger partial charge in [-0.2, -0.15) is 5.10 Å². The van der Waals surface area contributed by atoms with Gasteiger partial charge in [0.15, 0.2) is 11.6 Å². The molecule has 0 spiro atoms. The molecule has 4 aromatic rings. The Kier molecular flexibility index (Phi) is 6.31. The first-order valence-corrected chi connectivity index (χ1v) is 10.3. The highest BCUT2D eigenvalue weighted by Gasteiger charge is 2.17. The molecule has 1 amide bonds. The van der Waals surface area contributed by atoms with Gasteiger partial charge in [-0.05, 0) is 53.4 Å². The third kappa shape index (κ3) is 4.70. The van der Waals surface area contributed by atoms with Crippen molar-refractivity contribution in [2.24, 2.45) is 0 Å². The number of benzene rings is 3. The lowest BCUT2D eigenvalue weighted by atomic mass is 9.97. The molecule has 4 rings (SSSR count). The summed E-state index contributed by atoms with van der Waals surface area (Å²) in [5.74, 6) is -0.500. The molecule has 1 aromatic heterocycles. The molecule has 1 atom stereocenters. The van der Waals surface area contributed by atoms with Crippen molar-refractivity contribution < 1.29 is 13.9 Å². The van der Waals surface area contributed by atoms with E-state index in [-0.39, 0.29) is 17.7 Å². The highest BCUT2D eigenvalue weighted by Crippen LogP contribution is 2.26. The minimum atomic E-state index is -0.457. The molecule has 162 valence electrons. The molecule has 0 aliphatic rings. The maximum atomic E-state index is 14.1. The summed E-state index contributed by atoms with van der Waals surface area (Å²) in [6.45, 7) is 2.51. The van der Waals surface area contributed by atoms with E-state index in [0.29, 0.717) is 17.7 Å². The summed E-state index contributed by atoms with van der Waals surface area (Å²) in [6, 6.07) is 21.8. The second-order valence-corrected chi connectivity index (χ2v) is 7.54. The number of ether oxygens (including phenoxy) is 1. The number of rotatable bonds is 7. The minimum Gasteiger partial charge on any atom is -0.494 e. The molecule has 0 saturated carbocycles. The molecule has 0 unspecified atom stereocenters. The summed E-state index contributed by atoms with van der Waals surface area (Å²) in [7, 11) is 1.42. The van der Waals surface area contributed by atoms with Gasteiger partial charge in [0.2, 0.25) is 0 Å². The fraction of sp³-hybridized carbons (Fsp3) is 0.154. The number of hydrogen-bond acceptors (Lipinski definition) is 3. The third-order valence-electron chi connectivity index (χ3n) is 5.36. The van der Waals surface area contributed by atoms with E-state index in [0.717, 1.165) is 16.7 Å². The van der Waals surface area contributed by atoms with Gasteiger partial charge in [-0.1, -0.05) is 48.5 Å². The molecule has 0 fully saturated rings. The highest BCUT2D eigenvalue weighted by molar-refractivity contribution is 6.01. The number of nitrogens with zero attached hydrogens (tertiary/aromatic N) is 2. The lowest BCUT2D eigenvalue weighted by Crippen LogP contribution is -2.27. The lowest BCUT2D eigenvalue weighted by Gasteiger charge is -2.17. The number of hydrogen-bond donors (Lipinski definition) is 1. The molecule has 0 aliphatic carbocycles. The van der Waals surface area contributed by atoms with Crippen LogP contribution in [0.5, 0.6) is 5.75 Å². The molecule has 0 aliphatic heterocycles. The highest BCUT2D eigenvalue weighted by atomic mass is 19.1. The third-order valence-corrected chi connectivity index (χ3v) is 5.36. The van der Waals surface area contributed by atoms with Crippen molar-refractivity contribution in [3.63, 3.8) is 0 Å². The summed E-state index contributed by atoms with van der Waals surface area (Å²) in [4.78, 5) is 13.1. The first-order chi connectivity index (χ1) is 15.5. The number of halogens is 1. The molecule has 5 nitrogen and oxygen atoms in total. The van der Waals surface area contributed by atoms with E-state index in [4.69, 9.17) is 4.74 Å². The second-order valence-electron chi connectivity index (χ2n) is 7.54. The molecule has 0 saturated heterocycles. The lowest BCUT2D eigenvalue weighted by molar-refractivity contribution is 0.0940. The summed E-state index contributed by atoms with van der Waals surface area (Å²) in [5, 5.41) is 7.20. The maximum Gasteiger partial charge on any atom is 0.252 e. The molecular weight excluding hydrogens is 405 g/mol. The zero-order valence-electron chi connectivity index (χ0n) is 18.0. The van der Waals surface area contributed by atoms with Crippen LogP contribution in [0.1, 0.15) is 34.5 Å². The second kappa shape index (κ2) is 9.47. The van der Waals surface area contributed by atoms with Crippen molar-refractivity contribution >= 4 is 5.91 Å². The van der Waals surface area contributed by atoms with Crippen LogP contribution in [0.3, 0.4) is 0 Å². The van der Waals surface area contributed by atoms with Crippen LogP contribution in [-0.2, 0) is 6.54 Å². The molecule has 6 heteroatoms. The van der Waals surface area contributed by atoms with Crippen LogP contribution in [0.15, 0.2) is 85.2 Å². The summed E-state index contributed by atoms with van der Waals surface area (Å²) >= 11 is 0. The standard InChI is InChI=1S/C26H24FN3O2/c1-18(21-12-13-25(32-2)24(27)16-21)29-26(31)23-7-4-3-6-22(23)20-10-8-19(9-11-20)17-30-15-5-14-28-30/h3-16,18H,17H2,1-2H3,(H,29,31)/t18-/m1/s1. The fourth-order valence-corrected chi connectivity index (χ4v) is 3.61. The van der Waals surface area contributed by atoms with Crippen molar-refractivity contribution in [2.75, 3.05) is 7.11 Å². The van der Waals surface area contributed by atoms with E-state index in [2.05, 4.69) is 10.4 Å². The predicted molar refractivity (Wildman–Crippen MR) is 122 cm³/mol. The number of carbonyl (C=O) groups excluding carboxylic acids is 1. The quantitative estimate of drug-likeness (QED) is 0.437. The van der Waals surface area contributed by atoms with Crippen LogP contribution in [0.25, 0.3) is 11.1 Å². The van der Waals surface area contributed by atoms with E-state index in [1.807, 2.05) is 66.3 Å². The number of aromatic nitrogens is 2. The zero-order valence-corrected chi connectivity index (χ0v) is 18.0. The van der Waals surface area contributed by atoms with E-state index in [9.17, 15) is 9.18 Å². The van der Waals surface area contributed by atoms with Gasteiger partial charge in [0.25, 0.3) is 5.91 Å². The Balaban J connectivity index is 1.52. The van der Waals surface area contributed by atoms with Crippen molar-refractivity contribution in [1.29, 1.82) is 0 Å². The zero-order chi connectivity index (χ0) is 22.5. The number of methoxy groups -OCH3 is 1. The Morgan fingerprint density at radius 3 is 2.56 bits per heavy atom. The maximum absolute atomic E-state index is 14.1. The normalized spacial score (nSPS) is 11.7. The monoisotopic (exact) mass is 429 g/mol. The SMILES string of the molecule is COc1ccc([C@@H](C)NC(=O)c2ccccc2-c2ccc(Cn3cccn3)cc2)cc1F. The fourth-order valence-electron chi connectivity index (χ4n) is 3.61. The van der Waals surface area contributed by atoms with E-state index >= 15 is 0 Å². The smallest absolute Gasteiger partial charge is 0.252 e. The average molecular weight is 429 g/mol.